The predicted octanol–water partition coefficient (Wildman–Crippen LogP) is 4.70. The molecule has 0 fully saturated rings. The van der Waals surface area contributed by atoms with Gasteiger partial charge in [-0.25, -0.2) is 4.98 Å². The largest absolute Gasteiger partial charge is 0.507 e. The van der Waals surface area contributed by atoms with Gasteiger partial charge >= 0.3 is 0 Å². The number of benzene rings is 1. The summed E-state index contributed by atoms with van der Waals surface area (Å²) in [6.07, 6.45) is 1.61. The van der Waals surface area contributed by atoms with E-state index < -0.39 is 0 Å². The van der Waals surface area contributed by atoms with Crippen LogP contribution in [0.2, 0.25) is 5.02 Å². The number of nitrogens with zero attached hydrogens (tertiary/aromatic N) is 2. The van der Waals surface area contributed by atoms with Crippen LogP contribution < -0.4 is 10.3 Å². The highest BCUT2D eigenvalue weighted by molar-refractivity contribution is 6.31. The second kappa shape index (κ2) is 7.22. The molecule has 0 radical (unpaired) electrons. The first-order valence-corrected chi connectivity index (χ1v) is 8.63. The monoisotopic (exact) mass is 370 g/mol. The standard InChI is InChI=1S/C20H19ClN2O3/c1-4-23-18(25)11-17(24)13(3)19(23)15-8-7-14(10-12(15)2)26-20-16(21)6-5-9-22-20/h5-11,24H,4H2,1-3H3. The molecule has 0 saturated heterocycles. The number of halogens is 1. The van der Waals surface area contributed by atoms with Crippen molar-refractivity contribution in [3.8, 4) is 28.6 Å². The maximum atomic E-state index is 12.2. The zero-order chi connectivity index (χ0) is 18.8. The number of aryl methyl sites for hydroxylation is 1. The molecule has 0 aliphatic carbocycles. The van der Waals surface area contributed by atoms with Crippen LogP contribution in [0.4, 0.5) is 0 Å². The van der Waals surface area contributed by atoms with Crippen LogP contribution in [0.15, 0.2) is 47.4 Å². The third-order valence-corrected chi connectivity index (χ3v) is 4.53. The van der Waals surface area contributed by atoms with Gasteiger partial charge in [-0.1, -0.05) is 11.6 Å². The first kappa shape index (κ1) is 18.0. The Bertz CT molecular complexity index is 1030. The van der Waals surface area contributed by atoms with E-state index in [0.29, 0.717) is 34.5 Å². The molecule has 1 aromatic carbocycles. The van der Waals surface area contributed by atoms with E-state index in [1.165, 1.54) is 6.07 Å². The Labute approximate surface area is 156 Å². The van der Waals surface area contributed by atoms with Crippen molar-refractivity contribution < 1.29 is 9.84 Å². The average Bonchev–Trinajstić information content (AvgIpc) is 2.60. The normalized spacial score (nSPS) is 10.8. The molecule has 0 bridgehead atoms. The number of aromatic hydroxyl groups is 1. The SMILES string of the molecule is CCn1c(-c2ccc(Oc3ncccc3Cl)cc2C)c(C)c(O)cc1=O. The Hall–Kier alpha value is -2.79. The van der Waals surface area contributed by atoms with Crippen molar-refractivity contribution in [1.29, 1.82) is 0 Å². The lowest BCUT2D eigenvalue weighted by Gasteiger charge is -2.17. The highest BCUT2D eigenvalue weighted by Crippen LogP contribution is 2.34. The van der Waals surface area contributed by atoms with Crippen LogP contribution in [0.3, 0.4) is 0 Å². The van der Waals surface area contributed by atoms with Crippen molar-refractivity contribution in [2.75, 3.05) is 0 Å². The van der Waals surface area contributed by atoms with Crippen molar-refractivity contribution in [1.82, 2.24) is 9.55 Å². The smallest absolute Gasteiger partial charge is 0.254 e. The zero-order valence-electron chi connectivity index (χ0n) is 14.8. The van der Waals surface area contributed by atoms with Crippen molar-refractivity contribution in [3.05, 3.63) is 69.1 Å². The first-order valence-electron chi connectivity index (χ1n) is 8.25. The van der Waals surface area contributed by atoms with Gasteiger partial charge in [0.1, 0.15) is 16.5 Å². The topological polar surface area (TPSA) is 64.3 Å². The van der Waals surface area contributed by atoms with Crippen LogP contribution in [0.1, 0.15) is 18.1 Å². The fourth-order valence-electron chi connectivity index (χ4n) is 2.92. The molecule has 0 unspecified atom stereocenters. The maximum absolute atomic E-state index is 12.2. The molecule has 2 aromatic heterocycles. The molecule has 3 rings (SSSR count). The summed E-state index contributed by atoms with van der Waals surface area (Å²) in [7, 11) is 0. The van der Waals surface area contributed by atoms with Crippen molar-refractivity contribution in [3.63, 3.8) is 0 Å². The van der Waals surface area contributed by atoms with Crippen LogP contribution in [-0.2, 0) is 6.54 Å². The molecule has 0 aliphatic rings. The highest BCUT2D eigenvalue weighted by atomic mass is 35.5. The second-order valence-electron chi connectivity index (χ2n) is 5.95. The number of pyridine rings is 2. The van der Waals surface area contributed by atoms with Crippen molar-refractivity contribution in [2.45, 2.75) is 27.3 Å². The number of hydrogen-bond acceptors (Lipinski definition) is 4. The minimum Gasteiger partial charge on any atom is -0.507 e. The minimum atomic E-state index is -0.231. The van der Waals surface area contributed by atoms with Gasteiger partial charge in [-0.2, -0.15) is 0 Å². The van der Waals surface area contributed by atoms with E-state index in [-0.39, 0.29) is 11.3 Å². The van der Waals surface area contributed by atoms with Gasteiger partial charge < -0.3 is 14.4 Å². The third-order valence-electron chi connectivity index (χ3n) is 4.24. The fraction of sp³-hybridized carbons (Fsp3) is 0.200. The lowest BCUT2D eigenvalue weighted by Crippen LogP contribution is -2.21. The van der Waals surface area contributed by atoms with Gasteiger partial charge in [0.15, 0.2) is 0 Å². The predicted molar refractivity (Wildman–Crippen MR) is 102 cm³/mol. The molecule has 3 aromatic rings. The van der Waals surface area contributed by atoms with Crippen LogP contribution in [0.25, 0.3) is 11.3 Å². The highest BCUT2D eigenvalue weighted by Gasteiger charge is 2.16. The van der Waals surface area contributed by atoms with Crippen molar-refractivity contribution in [2.24, 2.45) is 0 Å². The quantitative estimate of drug-likeness (QED) is 0.723. The zero-order valence-corrected chi connectivity index (χ0v) is 15.5. The van der Waals surface area contributed by atoms with E-state index in [1.54, 1.807) is 35.9 Å². The molecule has 134 valence electrons. The van der Waals surface area contributed by atoms with Crippen LogP contribution in [-0.4, -0.2) is 14.7 Å². The third kappa shape index (κ3) is 3.30. The van der Waals surface area contributed by atoms with Gasteiger partial charge in [-0.05, 0) is 56.7 Å². The summed E-state index contributed by atoms with van der Waals surface area (Å²) < 4.78 is 7.40. The van der Waals surface area contributed by atoms with E-state index >= 15 is 0 Å². The van der Waals surface area contributed by atoms with Gasteiger partial charge in [0.25, 0.3) is 5.56 Å². The summed E-state index contributed by atoms with van der Waals surface area (Å²) in [4.78, 5) is 16.3. The fourth-order valence-corrected chi connectivity index (χ4v) is 3.08. The second-order valence-corrected chi connectivity index (χ2v) is 6.36. The van der Waals surface area contributed by atoms with E-state index in [2.05, 4.69) is 4.98 Å². The van der Waals surface area contributed by atoms with E-state index in [4.69, 9.17) is 16.3 Å². The summed E-state index contributed by atoms with van der Waals surface area (Å²) in [5.74, 6) is 0.921. The molecule has 0 aliphatic heterocycles. The van der Waals surface area contributed by atoms with Gasteiger partial charge in [-0.3, -0.25) is 4.79 Å². The maximum Gasteiger partial charge on any atom is 0.254 e. The lowest BCUT2D eigenvalue weighted by atomic mass is 10.00. The Morgan fingerprint density at radius 1 is 1.23 bits per heavy atom. The molecular weight excluding hydrogens is 352 g/mol. The molecule has 2 heterocycles. The molecule has 5 nitrogen and oxygen atoms in total. The Balaban J connectivity index is 2.07. The summed E-state index contributed by atoms with van der Waals surface area (Å²) in [6.45, 7) is 6.14. The number of hydrogen-bond donors (Lipinski definition) is 1. The Morgan fingerprint density at radius 2 is 2.00 bits per heavy atom. The molecule has 26 heavy (non-hydrogen) atoms. The Morgan fingerprint density at radius 3 is 2.65 bits per heavy atom. The van der Waals surface area contributed by atoms with Gasteiger partial charge in [-0.15, -0.1) is 0 Å². The molecule has 0 amide bonds. The van der Waals surface area contributed by atoms with E-state index in [1.807, 2.05) is 26.0 Å². The summed E-state index contributed by atoms with van der Waals surface area (Å²) in [6, 6.07) is 10.2. The minimum absolute atomic E-state index is 0.00491. The average molecular weight is 371 g/mol. The summed E-state index contributed by atoms with van der Waals surface area (Å²) in [5, 5.41) is 10.5. The molecule has 1 N–H and O–H groups in total. The summed E-state index contributed by atoms with van der Waals surface area (Å²) >= 11 is 6.08. The van der Waals surface area contributed by atoms with Gasteiger partial charge in [0.05, 0.1) is 5.69 Å². The molecule has 0 spiro atoms. The van der Waals surface area contributed by atoms with Gasteiger partial charge in [0, 0.05) is 29.9 Å². The number of ether oxygens (including phenoxy) is 1. The lowest BCUT2D eigenvalue weighted by molar-refractivity contribution is 0.463. The van der Waals surface area contributed by atoms with Crippen LogP contribution in [0.5, 0.6) is 17.4 Å². The van der Waals surface area contributed by atoms with Gasteiger partial charge in [0.2, 0.25) is 5.88 Å². The number of aromatic nitrogens is 2. The van der Waals surface area contributed by atoms with E-state index in [0.717, 1.165) is 11.1 Å². The molecule has 0 saturated carbocycles. The Kier molecular flexibility index (Phi) is 5.00. The molecular formula is C20H19ClN2O3. The first-order chi connectivity index (χ1) is 12.4. The molecule has 6 heteroatoms. The number of rotatable bonds is 4. The molecule has 0 atom stereocenters. The summed E-state index contributed by atoms with van der Waals surface area (Å²) in [5.41, 5.74) is 2.90. The van der Waals surface area contributed by atoms with Crippen molar-refractivity contribution >= 4 is 11.6 Å². The van der Waals surface area contributed by atoms with Crippen LogP contribution >= 0.6 is 11.6 Å². The van der Waals surface area contributed by atoms with E-state index in [9.17, 15) is 9.90 Å². The van der Waals surface area contributed by atoms with Crippen LogP contribution in [0, 0.1) is 13.8 Å².